The van der Waals surface area contributed by atoms with Gasteiger partial charge in [-0.3, -0.25) is 4.72 Å². The van der Waals surface area contributed by atoms with Crippen LogP contribution in [0.4, 0.5) is 18.9 Å². The Hall–Kier alpha value is -1.33. The summed E-state index contributed by atoms with van der Waals surface area (Å²) in [6.45, 7) is -1.76. The summed E-state index contributed by atoms with van der Waals surface area (Å²) in [6, 6.07) is 3.57. The maximum atomic E-state index is 11.9. The Morgan fingerprint density at radius 1 is 1.35 bits per heavy atom. The van der Waals surface area contributed by atoms with E-state index in [-0.39, 0.29) is 5.69 Å². The summed E-state index contributed by atoms with van der Waals surface area (Å²) in [5, 5.41) is 8.89. The fourth-order valence-corrected chi connectivity index (χ4v) is 2.39. The topological polar surface area (TPSA) is 95.5 Å². The molecule has 0 aromatic heterocycles. The van der Waals surface area contributed by atoms with Gasteiger partial charge >= 0.3 is 12.1 Å². The molecule has 1 rings (SSSR count). The number of carboxylic acid groups (broad SMARTS) is 1. The second-order valence-corrected chi connectivity index (χ2v) is 5.95. The molecule has 0 radical (unpaired) electrons. The number of aromatic carboxylic acids is 1. The van der Waals surface area contributed by atoms with Crippen molar-refractivity contribution in [1.82, 2.24) is 4.72 Å². The van der Waals surface area contributed by atoms with E-state index in [1.54, 1.807) is 4.72 Å². The van der Waals surface area contributed by atoms with E-state index in [2.05, 4.69) is 15.9 Å². The van der Waals surface area contributed by atoms with E-state index in [4.69, 9.17) is 5.11 Å². The predicted molar refractivity (Wildman–Crippen MR) is 67.7 cm³/mol. The van der Waals surface area contributed by atoms with Gasteiger partial charge in [-0.1, -0.05) is 15.9 Å². The van der Waals surface area contributed by atoms with Crippen LogP contribution in [0.1, 0.15) is 10.4 Å². The van der Waals surface area contributed by atoms with Crippen molar-refractivity contribution < 1.29 is 31.5 Å². The first-order chi connectivity index (χ1) is 9.00. The number of hydrogen-bond acceptors (Lipinski definition) is 3. The SMILES string of the molecule is O=C(O)c1cc(Br)ccc1NS(=O)(=O)NCC(F)(F)F. The zero-order chi connectivity index (χ0) is 15.6. The van der Waals surface area contributed by atoms with E-state index in [0.29, 0.717) is 4.47 Å². The number of halogens is 4. The molecule has 0 heterocycles. The Morgan fingerprint density at radius 2 is 1.95 bits per heavy atom. The molecule has 20 heavy (non-hydrogen) atoms. The molecule has 0 saturated heterocycles. The van der Waals surface area contributed by atoms with Gasteiger partial charge in [-0.25, -0.2) is 4.79 Å². The lowest BCUT2D eigenvalue weighted by atomic mass is 10.2. The normalized spacial score (nSPS) is 12.2. The third kappa shape index (κ3) is 5.35. The van der Waals surface area contributed by atoms with Gasteiger partial charge in [0.2, 0.25) is 0 Å². The molecule has 0 fully saturated rings. The minimum Gasteiger partial charge on any atom is -0.478 e. The van der Waals surface area contributed by atoms with Crippen LogP contribution in [0.2, 0.25) is 0 Å². The highest BCUT2D eigenvalue weighted by atomic mass is 79.9. The molecule has 3 N–H and O–H groups in total. The van der Waals surface area contributed by atoms with Gasteiger partial charge in [-0.15, -0.1) is 0 Å². The van der Waals surface area contributed by atoms with Crippen LogP contribution in [0.25, 0.3) is 0 Å². The maximum absolute atomic E-state index is 11.9. The molecular formula is C9H8BrF3N2O4S. The minimum atomic E-state index is -4.72. The van der Waals surface area contributed by atoms with E-state index in [1.807, 2.05) is 0 Å². The second kappa shape index (κ2) is 5.97. The van der Waals surface area contributed by atoms with Crippen LogP contribution >= 0.6 is 15.9 Å². The van der Waals surface area contributed by atoms with Crippen molar-refractivity contribution in [3.63, 3.8) is 0 Å². The molecule has 112 valence electrons. The largest absolute Gasteiger partial charge is 0.478 e. The Morgan fingerprint density at radius 3 is 2.45 bits per heavy atom. The van der Waals surface area contributed by atoms with E-state index in [1.165, 1.54) is 10.8 Å². The quantitative estimate of drug-likeness (QED) is 0.731. The molecule has 1 aromatic carbocycles. The van der Waals surface area contributed by atoms with Crippen LogP contribution in [0, 0.1) is 0 Å². The standard InChI is InChI=1S/C9H8BrF3N2O4S/c10-5-1-2-7(6(3-5)8(16)17)15-20(18,19)14-4-9(11,12)13/h1-3,14-15H,4H2,(H,16,17). The molecule has 1 aromatic rings. The molecular weight excluding hydrogens is 369 g/mol. The maximum Gasteiger partial charge on any atom is 0.402 e. The molecule has 0 amide bonds. The van der Waals surface area contributed by atoms with Crippen molar-refractivity contribution in [1.29, 1.82) is 0 Å². The predicted octanol–water partition coefficient (Wildman–Crippen LogP) is 1.96. The zero-order valence-electron chi connectivity index (χ0n) is 9.53. The Labute approximate surface area is 120 Å². The fraction of sp³-hybridized carbons (Fsp3) is 0.222. The summed E-state index contributed by atoms with van der Waals surface area (Å²) in [4.78, 5) is 10.9. The molecule has 0 spiro atoms. The Kier molecular flexibility index (Phi) is 5.00. The molecule has 0 saturated carbocycles. The number of anilines is 1. The van der Waals surface area contributed by atoms with Crippen molar-refractivity contribution in [2.45, 2.75) is 6.18 Å². The Balaban J connectivity index is 2.95. The van der Waals surface area contributed by atoms with Gasteiger partial charge in [0.05, 0.1) is 11.3 Å². The summed E-state index contributed by atoms with van der Waals surface area (Å²) in [7, 11) is -4.54. The van der Waals surface area contributed by atoms with Crippen molar-refractivity contribution >= 4 is 37.8 Å². The summed E-state index contributed by atoms with van der Waals surface area (Å²) in [5.41, 5.74) is -0.757. The number of nitrogens with one attached hydrogen (secondary N) is 2. The van der Waals surface area contributed by atoms with Crippen LogP contribution in [0.3, 0.4) is 0 Å². The first kappa shape index (κ1) is 16.7. The van der Waals surface area contributed by atoms with E-state index in [0.717, 1.165) is 12.1 Å². The Bertz CT molecular complexity index is 618. The van der Waals surface area contributed by atoms with Crippen LogP contribution in [0.15, 0.2) is 22.7 Å². The second-order valence-electron chi connectivity index (χ2n) is 3.54. The van der Waals surface area contributed by atoms with Crippen molar-refractivity contribution in [3.8, 4) is 0 Å². The van der Waals surface area contributed by atoms with E-state index in [9.17, 15) is 26.4 Å². The van der Waals surface area contributed by atoms with Gasteiger partial charge in [0, 0.05) is 4.47 Å². The number of carboxylic acids is 1. The zero-order valence-corrected chi connectivity index (χ0v) is 11.9. The summed E-state index contributed by atoms with van der Waals surface area (Å²) in [6.07, 6.45) is -4.72. The molecule has 0 aliphatic carbocycles. The highest BCUT2D eigenvalue weighted by Crippen LogP contribution is 2.22. The van der Waals surface area contributed by atoms with Gasteiger partial charge in [0.25, 0.3) is 10.2 Å². The lowest BCUT2D eigenvalue weighted by molar-refractivity contribution is -0.121. The summed E-state index contributed by atoms with van der Waals surface area (Å²) in [5.74, 6) is -1.43. The van der Waals surface area contributed by atoms with Crippen LogP contribution < -0.4 is 9.44 Å². The molecule has 0 atom stereocenters. The number of carbonyl (C=O) groups is 1. The van der Waals surface area contributed by atoms with Crippen molar-refractivity contribution in [3.05, 3.63) is 28.2 Å². The van der Waals surface area contributed by atoms with Crippen LogP contribution in [-0.4, -0.2) is 32.2 Å². The number of alkyl halides is 3. The molecule has 11 heteroatoms. The average molecular weight is 377 g/mol. The van der Waals surface area contributed by atoms with Gasteiger partial charge in [0.15, 0.2) is 0 Å². The monoisotopic (exact) mass is 376 g/mol. The lowest BCUT2D eigenvalue weighted by Gasteiger charge is -2.12. The smallest absolute Gasteiger partial charge is 0.402 e. The fourth-order valence-electron chi connectivity index (χ4n) is 1.14. The average Bonchev–Trinajstić information content (AvgIpc) is 2.28. The first-order valence-corrected chi connectivity index (χ1v) is 7.15. The van der Waals surface area contributed by atoms with Crippen LogP contribution in [0.5, 0.6) is 0 Å². The molecule has 6 nitrogen and oxygen atoms in total. The van der Waals surface area contributed by atoms with Gasteiger partial charge in [-0.2, -0.15) is 26.3 Å². The molecule has 0 aliphatic heterocycles. The van der Waals surface area contributed by atoms with Crippen LogP contribution in [-0.2, 0) is 10.2 Å². The third-order valence-electron chi connectivity index (χ3n) is 1.92. The van der Waals surface area contributed by atoms with E-state index < -0.39 is 34.5 Å². The lowest BCUT2D eigenvalue weighted by Crippen LogP contribution is -2.37. The minimum absolute atomic E-state index is 0.352. The summed E-state index contributed by atoms with van der Waals surface area (Å²) < 4.78 is 61.9. The number of rotatable bonds is 5. The number of hydrogen-bond donors (Lipinski definition) is 3. The molecule has 0 aliphatic rings. The highest BCUT2D eigenvalue weighted by Gasteiger charge is 2.29. The van der Waals surface area contributed by atoms with Gasteiger partial charge in [-0.05, 0) is 18.2 Å². The molecule has 0 bridgehead atoms. The third-order valence-corrected chi connectivity index (χ3v) is 3.43. The van der Waals surface area contributed by atoms with Crippen molar-refractivity contribution in [2.24, 2.45) is 0 Å². The van der Waals surface area contributed by atoms with Gasteiger partial charge < -0.3 is 5.11 Å². The van der Waals surface area contributed by atoms with E-state index >= 15 is 0 Å². The summed E-state index contributed by atoms with van der Waals surface area (Å²) >= 11 is 3.00. The number of benzene rings is 1. The molecule has 0 unspecified atom stereocenters. The van der Waals surface area contributed by atoms with Crippen molar-refractivity contribution in [2.75, 3.05) is 11.3 Å². The highest BCUT2D eigenvalue weighted by molar-refractivity contribution is 9.10. The first-order valence-electron chi connectivity index (χ1n) is 4.87. The van der Waals surface area contributed by atoms with Gasteiger partial charge in [0.1, 0.15) is 6.54 Å².